The van der Waals surface area contributed by atoms with Crippen LogP contribution in [0.5, 0.6) is 5.75 Å². The first-order valence-corrected chi connectivity index (χ1v) is 10.9. The van der Waals surface area contributed by atoms with Crippen molar-refractivity contribution in [3.8, 4) is 5.75 Å². The number of nitrogens with zero attached hydrogens (tertiary/aromatic N) is 1. The number of halogens is 1. The minimum absolute atomic E-state index is 0.0279. The number of aromatic amines is 1. The Labute approximate surface area is 171 Å². The molecule has 2 aliphatic heterocycles. The van der Waals surface area contributed by atoms with Crippen LogP contribution in [0.25, 0.3) is 0 Å². The summed E-state index contributed by atoms with van der Waals surface area (Å²) in [6, 6.07) is 3.86. The normalized spacial score (nSPS) is 26.2. The Morgan fingerprint density at radius 1 is 1.31 bits per heavy atom. The number of phosphoric ester groups is 1. The van der Waals surface area contributed by atoms with Gasteiger partial charge in [0.25, 0.3) is 5.56 Å². The number of hydrogen-bond donors (Lipinski definition) is 1. The highest BCUT2D eigenvalue weighted by atomic mass is 35.5. The van der Waals surface area contributed by atoms with Crippen molar-refractivity contribution in [2.45, 2.75) is 45.6 Å². The first kappa shape index (κ1) is 20.4. The molecular formula is C18H20ClN2O7P. The minimum atomic E-state index is -3.77. The van der Waals surface area contributed by atoms with Gasteiger partial charge in [-0.15, -0.1) is 0 Å². The second-order valence-corrected chi connectivity index (χ2v) is 9.11. The van der Waals surface area contributed by atoms with E-state index in [9.17, 15) is 14.2 Å². The van der Waals surface area contributed by atoms with Crippen molar-refractivity contribution in [2.24, 2.45) is 0 Å². The van der Waals surface area contributed by atoms with Crippen LogP contribution in [-0.4, -0.2) is 22.3 Å². The van der Waals surface area contributed by atoms with Crippen molar-refractivity contribution < 1.29 is 22.9 Å². The van der Waals surface area contributed by atoms with Gasteiger partial charge in [-0.05, 0) is 32.3 Å². The highest BCUT2D eigenvalue weighted by molar-refractivity contribution is 7.49. The number of phosphoric acid groups is 1. The molecule has 1 N–H and O–H groups in total. The Bertz CT molecular complexity index is 1110. The van der Waals surface area contributed by atoms with E-state index in [4.69, 9.17) is 29.9 Å². The second kappa shape index (κ2) is 7.74. The molecule has 9 nitrogen and oxygen atoms in total. The molecule has 2 aliphatic rings. The van der Waals surface area contributed by atoms with E-state index in [1.165, 1.54) is 10.8 Å². The van der Waals surface area contributed by atoms with E-state index in [-0.39, 0.29) is 18.2 Å². The number of aromatic nitrogens is 2. The van der Waals surface area contributed by atoms with Gasteiger partial charge in [0.1, 0.15) is 17.0 Å². The fourth-order valence-corrected chi connectivity index (χ4v) is 4.96. The molecule has 3 atom stereocenters. The molecule has 2 aromatic rings. The van der Waals surface area contributed by atoms with Gasteiger partial charge in [-0.2, -0.15) is 0 Å². The Morgan fingerprint density at radius 2 is 2.10 bits per heavy atom. The lowest BCUT2D eigenvalue weighted by Crippen LogP contribution is -2.32. The zero-order valence-electron chi connectivity index (χ0n) is 15.8. The van der Waals surface area contributed by atoms with Crippen LogP contribution in [0.3, 0.4) is 0 Å². The number of fused-ring (bicyclic) bond motifs is 1. The first-order chi connectivity index (χ1) is 13.7. The van der Waals surface area contributed by atoms with Crippen LogP contribution in [0, 0.1) is 13.8 Å². The van der Waals surface area contributed by atoms with Gasteiger partial charge in [0.15, 0.2) is 0 Å². The SMILES string of the molecule is Cc1cc(C)c2c(c1)COP(=O)(OCC1CCC(n3cc(Cl)c(=O)[nH]c3=O)O1)O2. The van der Waals surface area contributed by atoms with E-state index in [1.54, 1.807) is 0 Å². The van der Waals surface area contributed by atoms with Crippen LogP contribution in [-0.2, 0) is 25.0 Å². The smallest absolute Gasteiger partial charge is 0.403 e. The van der Waals surface area contributed by atoms with E-state index in [1.807, 2.05) is 26.0 Å². The molecule has 1 fully saturated rings. The number of ether oxygens (including phenoxy) is 1. The summed E-state index contributed by atoms with van der Waals surface area (Å²) < 4.78 is 36.3. The van der Waals surface area contributed by atoms with E-state index >= 15 is 0 Å². The van der Waals surface area contributed by atoms with Crippen molar-refractivity contribution >= 4 is 19.4 Å². The fourth-order valence-electron chi connectivity index (χ4n) is 3.49. The molecule has 0 bridgehead atoms. The molecule has 29 heavy (non-hydrogen) atoms. The maximum absolute atomic E-state index is 12.8. The molecular weight excluding hydrogens is 423 g/mol. The lowest BCUT2D eigenvalue weighted by Gasteiger charge is -2.27. The summed E-state index contributed by atoms with van der Waals surface area (Å²) in [7, 11) is -3.77. The van der Waals surface area contributed by atoms with Crippen LogP contribution >= 0.6 is 19.4 Å². The predicted octanol–water partition coefficient (Wildman–Crippen LogP) is 3.22. The van der Waals surface area contributed by atoms with Crippen LogP contribution in [0.1, 0.15) is 35.8 Å². The molecule has 3 heterocycles. The molecule has 0 amide bonds. The van der Waals surface area contributed by atoms with E-state index < -0.39 is 31.4 Å². The number of aryl methyl sites for hydroxylation is 2. The van der Waals surface area contributed by atoms with Gasteiger partial charge < -0.3 is 9.26 Å². The highest BCUT2D eigenvalue weighted by Gasteiger charge is 2.37. The lowest BCUT2D eigenvalue weighted by atomic mass is 10.1. The van der Waals surface area contributed by atoms with Crippen molar-refractivity contribution in [2.75, 3.05) is 6.61 Å². The van der Waals surface area contributed by atoms with Gasteiger partial charge in [-0.25, -0.2) is 9.36 Å². The highest BCUT2D eigenvalue weighted by Crippen LogP contribution is 2.55. The molecule has 0 spiro atoms. The molecule has 3 unspecified atom stereocenters. The summed E-state index contributed by atoms with van der Waals surface area (Å²) in [5, 5.41) is -0.106. The molecule has 1 saturated heterocycles. The van der Waals surface area contributed by atoms with Gasteiger partial charge in [0.2, 0.25) is 0 Å². The van der Waals surface area contributed by atoms with Crippen LogP contribution in [0.2, 0.25) is 5.02 Å². The maximum atomic E-state index is 12.8. The molecule has 0 aliphatic carbocycles. The van der Waals surface area contributed by atoms with Gasteiger partial charge in [0.05, 0.1) is 19.3 Å². The molecule has 1 aromatic carbocycles. The molecule has 1 aromatic heterocycles. The van der Waals surface area contributed by atoms with Crippen molar-refractivity contribution in [3.63, 3.8) is 0 Å². The maximum Gasteiger partial charge on any atom is 0.530 e. The number of hydrogen-bond acceptors (Lipinski definition) is 7. The molecule has 4 rings (SSSR count). The summed E-state index contributed by atoms with van der Waals surface area (Å²) in [6.45, 7) is 3.94. The van der Waals surface area contributed by atoms with Crippen LogP contribution in [0.15, 0.2) is 27.9 Å². The molecule has 0 radical (unpaired) electrons. The Balaban J connectivity index is 1.40. The van der Waals surface area contributed by atoms with E-state index in [2.05, 4.69) is 4.98 Å². The monoisotopic (exact) mass is 442 g/mol. The van der Waals surface area contributed by atoms with E-state index in [0.29, 0.717) is 18.6 Å². The van der Waals surface area contributed by atoms with Gasteiger partial charge >= 0.3 is 13.5 Å². The van der Waals surface area contributed by atoms with Crippen molar-refractivity contribution in [1.82, 2.24) is 9.55 Å². The van der Waals surface area contributed by atoms with Crippen molar-refractivity contribution in [1.29, 1.82) is 0 Å². The number of H-pyrrole nitrogens is 1. The van der Waals surface area contributed by atoms with Gasteiger partial charge in [-0.1, -0.05) is 29.3 Å². The number of benzene rings is 1. The quantitative estimate of drug-likeness (QED) is 0.724. The average Bonchev–Trinajstić information content (AvgIpc) is 3.13. The Morgan fingerprint density at radius 3 is 2.90 bits per heavy atom. The summed E-state index contributed by atoms with van der Waals surface area (Å²) in [4.78, 5) is 25.5. The standard InChI is InChI=1S/C18H20ClN2O7P/c1-10-5-11(2)16-12(6-10)8-25-29(24,28-16)26-9-13-3-4-15(27-13)21-7-14(19)17(22)20-18(21)23/h5-7,13,15H,3-4,8-9H2,1-2H3,(H,20,22,23). The Hall–Kier alpha value is -1.90. The van der Waals surface area contributed by atoms with Crippen molar-refractivity contribution in [3.05, 3.63) is 60.9 Å². The number of rotatable bonds is 4. The van der Waals surface area contributed by atoms with Crippen LogP contribution in [0.4, 0.5) is 0 Å². The van der Waals surface area contributed by atoms with Gasteiger partial charge in [0, 0.05) is 11.8 Å². The molecule has 156 valence electrons. The van der Waals surface area contributed by atoms with Gasteiger partial charge in [-0.3, -0.25) is 23.4 Å². The summed E-state index contributed by atoms with van der Waals surface area (Å²) in [6.07, 6.45) is 1.28. The summed E-state index contributed by atoms with van der Waals surface area (Å²) in [5.74, 6) is 0.518. The summed E-state index contributed by atoms with van der Waals surface area (Å²) in [5.41, 5.74) is 1.48. The minimum Gasteiger partial charge on any atom is -0.403 e. The fraction of sp³-hybridized carbons (Fsp3) is 0.444. The number of nitrogens with one attached hydrogen (secondary N) is 1. The molecule has 0 saturated carbocycles. The third-order valence-electron chi connectivity index (χ3n) is 4.82. The lowest BCUT2D eigenvalue weighted by molar-refractivity contribution is -0.0264. The first-order valence-electron chi connectivity index (χ1n) is 9.09. The topological polar surface area (TPSA) is 109 Å². The van der Waals surface area contributed by atoms with E-state index in [0.717, 1.165) is 16.7 Å². The second-order valence-electron chi connectivity index (χ2n) is 7.11. The zero-order chi connectivity index (χ0) is 20.8. The largest absolute Gasteiger partial charge is 0.530 e. The predicted molar refractivity (Wildman–Crippen MR) is 104 cm³/mol. The molecule has 11 heteroatoms. The third-order valence-corrected chi connectivity index (χ3v) is 6.40. The average molecular weight is 443 g/mol. The van der Waals surface area contributed by atoms with Crippen LogP contribution < -0.4 is 15.8 Å². The third kappa shape index (κ3) is 4.20. The zero-order valence-corrected chi connectivity index (χ0v) is 17.5. The summed E-state index contributed by atoms with van der Waals surface area (Å²) >= 11 is 5.79. The Kier molecular flexibility index (Phi) is 5.44.